The SMILES string of the molecule is CC(C)CC(Cl)C(=O)N1CCC(Cc2ccccc2)CC1. The van der Waals surface area contributed by atoms with Gasteiger partial charge < -0.3 is 4.90 Å². The highest BCUT2D eigenvalue weighted by Crippen LogP contribution is 2.23. The molecule has 1 aliphatic heterocycles. The van der Waals surface area contributed by atoms with Crippen LogP contribution in [0.2, 0.25) is 0 Å². The molecule has 0 aromatic heterocycles. The summed E-state index contributed by atoms with van der Waals surface area (Å²) in [5.41, 5.74) is 1.40. The van der Waals surface area contributed by atoms with E-state index in [1.807, 2.05) is 4.90 Å². The van der Waals surface area contributed by atoms with Gasteiger partial charge in [0, 0.05) is 13.1 Å². The average molecular weight is 308 g/mol. The average Bonchev–Trinajstić information content (AvgIpc) is 2.47. The van der Waals surface area contributed by atoms with Crippen molar-refractivity contribution in [1.29, 1.82) is 0 Å². The Labute approximate surface area is 133 Å². The van der Waals surface area contributed by atoms with Gasteiger partial charge in [0.1, 0.15) is 5.38 Å². The third-order valence-corrected chi connectivity index (χ3v) is 4.60. The van der Waals surface area contributed by atoms with Gasteiger partial charge in [-0.2, -0.15) is 0 Å². The number of hydrogen-bond acceptors (Lipinski definition) is 1. The van der Waals surface area contributed by atoms with Crippen LogP contribution in [-0.2, 0) is 11.2 Å². The molecular weight excluding hydrogens is 282 g/mol. The molecule has 1 aromatic carbocycles. The van der Waals surface area contributed by atoms with Gasteiger partial charge in [-0.25, -0.2) is 0 Å². The van der Waals surface area contributed by atoms with Crippen LogP contribution in [0.4, 0.5) is 0 Å². The van der Waals surface area contributed by atoms with Crippen LogP contribution in [0.15, 0.2) is 30.3 Å². The summed E-state index contributed by atoms with van der Waals surface area (Å²) in [7, 11) is 0. The van der Waals surface area contributed by atoms with Gasteiger partial charge in [-0.05, 0) is 43.1 Å². The summed E-state index contributed by atoms with van der Waals surface area (Å²) in [6.45, 7) is 5.93. The number of carbonyl (C=O) groups is 1. The predicted octanol–water partition coefficient (Wildman–Crippen LogP) is 4.12. The Balaban J connectivity index is 1.79. The molecule has 1 fully saturated rings. The fourth-order valence-electron chi connectivity index (χ4n) is 3.02. The van der Waals surface area contributed by atoms with Crippen molar-refractivity contribution in [3.8, 4) is 0 Å². The fraction of sp³-hybridized carbons (Fsp3) is 0.611. The summed E-state index contributed by atoms with van der Waals surface area (Å²) in [5, 5.41) is -0.351. The van der Waals surface area contributed by atoms with Gasteiger partial charge in [0.15, 0.2) is 0 Å². The topological polar surface area (TPSA) is 20.3 Å². The minimum atomic E-state index is -0.351. The first-order valence-electron chi connectivity index (χ1n) is 8.03. The molecule has 116 valence electrons. The van der Waals surface area contributed by atoms with Crippen molar-refractivity contribution in [2.75, 3.05) is 13.1 Å². The lowest BCUT2D eigenvalue weighted by Crippen LogP contribution is -2.43. The summed E-state index contributed by atoms with van der Waals surface area (Å²) in [6, 6.07) is 10.6. The number of piperidine rings is 1. The highest BCUT2D eigenvalue weighted by Gasteiger charge is 2.27. The second-order valence-electron chi connectivity index (χ2n) is 6.56. The van der Waals surface area contributed by atoms with Crippen LogP contribution in [0.5, 0.6) is 0 Å². The highest BCUT2D eigenvalue weighted by molar-refractivity contribution is 6.30. The van der Waals surface area contributed by atoms with Crippen molar-refractivity contribution >= 4 is 17.5 Å². The number of rotatable bonds is 5. The van der Waals surface area contributed by atoms with Crippen molar-refractivity contribution in [3.63, 3.8) is 0 Å². The first kappa shape index (κ1) is 16.4. The molecule has 21 heavy (non-hydrogen) atoms. The normalized spacial score (nSPS) is 18.0. The first-order chi connectivity index (χ1) is 10.1. The maximum absolute atomic E-state index is 12.3. The van der Waals surface area contributed by atoms with E-state index >= 15 is 0 Å². The van der Waals surface area contributed by atoms with Crippen LogP contribution >= 0.6 is 11.6 Å². The first-order valence-corrected chi connectivity index (χ1v) is 8.46. The molecule has 2 nitrogen and oxygen atoms in total. The lowest BCUT2D eigenvalue weighted by Gasteiger charge is -2.33. The van der Waals surface area contributed by atoms with Crippen LogP contribution in [0, 0.1) is 11.8 Å². The molecule has 0 aliphatic carbocycles. The van der Waals surface area contributed by atoms with E-state index in [1.54, 1.807) is 0 Å². The van der Waals surface area contributed by atoms with E-state index in [-0.39, 0.29) is 11.3 Å². The van der Waals surface area contributed by atoms with Gasteiger partial charge in [0.05, 0.1) is 0 Å². The van der Waals surface area contributed by atoms with Crippen LogP contribution in [0.1, 0.15) is 38.7 Å². The van der Waals surface area contributed by atoms with Crippen molar-refractivity contribution in [2.45, 2.75) is 44.9 Å². The largest absolute Gasteiger partial charge is 0.341 e. The maximum atomic E-state index is 12.3. The zero-order valence-corrected chi connectivity index (χ0v) is 13.9. The number of likely N-dealkylation sites (tertiary alicyclic amines) is 1. The van der Waals surface area contributed by atoms with E-state index in [1.165, 1.54) is 5.56 Å². The maximum Gasteiger partial charge on any atom is 0.240 e. The zero-order chi connectivity index (χ0) is 15.2. The van der Waals surface area contributed by atoms with E-state index in [0.717, 1.165) is 38.8 Å². The molecular formula is C18H26ClNO. The summed E-state index contributed by atoms with van der Waals surface area (Å²) < 4.78 is 0. The molecule has 1 aliphatic rings. The van der Waals surface area contributed by atoms with E-state index in [0.29, 0.717) is 11.8 Å². The molecule has 0 spiro atoms. The number of benzene rings is 1. The Bertz CT molecular complexity index is 438. The minimum Gasteiger partial charge on any atom is -0.341 e. The highest BCUT2D eigenvalue weighted by atomic mass is 35.5. The van der Waals surface area contributed by atoms with Crippen LogP contribution in [0.25, 0.3) is 0 Å². The van der Waals surface area contributed by atoms with E-state index in [4.69, 9.17) is 11.6 Å². The Kier molecular flexibility index (Phi) is 6.10. The lowest BCUT2D eigenvalue weighted by molar-refractivity contribution is -0.132. The predicted molar refractivity (Wildman–Crippen MR) is 88.5 cm³/mol. The van der Waals surface area contributed by atoms with Crippen molar-refractivity contribution < 1.29 is 4.79 Å². The number of nitrogens with zero attached hydrogens (tertiary/aromatic N) is 1. The van der Waals surface area contributed by atoms with Crippen molar-refractivity contribution in [1.82, 2.24) is 4.90 Å². The summed E-state index contributed by atoms with van der Waals surface area (Å²) >= 11 is 6.23. The van der Waals surface area contributed by atoms with Crippen LogP contribution < -0.4 is 0 Å². The summed E-state index contributed by atoms with van der Waals surface area (Å²) in [6.07, 6.45) is 4.07. The lowest BCUT2D eigenvalue weighted by atomic mass is 9.90. The number of halogens is 1. The minimum absolute atomic E-state index is 0.128. The molecule has 2 rings (SSSR count). The number of amides is 1. The number of alkyl halides is 1. The van der Waals surface area contributed by atoms with Gasteiger partial charge in [0.25, 0.3) is 0 Å². The number of carbonyl (C=O) groups excluding carboxylic acids is 1. The monoisotopic (exact) mass is 307 g/mol. The number of hydrogen-bond donors (Lipinski definition) is 0. The van der Waals surface area contributed by atoms with Crippen LogP contribution in [0.3, 0.4) is 0 Å². The molecule has 0 bridgehead atoms. The Morgan fingerprint density at radius 3 is 2.43 bits per heavy atom. The van der Waals surface area contributed by atoms with E-state index < -0.39 is 0 Å². The molecule has 1 atom stereocenters. The summed E-state index contributed by atoms with van der Waals surface area (Å²) in [5.74, 6) is 1.28. The van der Waals surface area contributed by atoms with Gasteiger partial charge in [0.2, 0.25) is 5.91 Å². The third-order valence-electron chi connectivity index (χ3n) is 4.24. The second kappa shape index (κ2) is 7.84. The van der Waals surface area contributed by atoms with Crippen molar-refractivity contribution in [2.24, 2.45) is 11.8 Å². The molecule has 0 radical (unpaired) electrons. The van der Waals surface area contributed by atoms with Gasteiger partial charge in [-0.1, -0.05) is 44.2 Å². The molecule has 1 unspecified atom stereocenters. The van der Waals surface area contributed by atoms with E-state index in [9.17, 15) is 4.79 Å². The van der Waals surface area contributed by atoms with Gasteiger partial charge in [-0.15, -0.1) is 11.6 Å². The fourth-order valence-corrected chi connectivity index (χ4v) is 3.51. The molecule has 3 heteroatoms. The smallest absolute Gasteiger partial charge is 0.240 e. The molecule has 0 saturated carbocycles. The van der Waals surface area contributed by atoms with Gasteiger partial charge >= 0.3 is 0 Å². The molecule has 1 saturated heterocycles. The second-order valence-corrected chi connectivity index (χ2v) is 7.08. The third kappa shape index (κ3) is 5.03. The Morgan fingerprint density at radius 2 is 1.86 bits per heavy atom. The van der Waals surface area contributed by atoms with Crippen LogP contribution in [-0.4, -0.2) is 29.3 Å². The van der Waals surface area contributed by atoms with Gasteiger partial charge in [-0.3, -0.25) is 4.79 Å². The molecule has 1 heterocycles. The Hall–Kier alpha value is -1.02. The molecule has 1 amide bonds. The Morgan fingerprint density at radius 1 is 1.24 bits per heavy atom. The molecule has 0 N–H and O–H groups in total. The summed E-state index contributed by atoms with van der Waals surface area (Å²) in [4.78, 5) is 14.3. The zero-order valence-electron chi connectivity index (χ0n) is 13.1. The molecule has 1 aromatic rings. The van der Waals surface area contributed by atoms with E-state index in [2.05, 4.69) is 44.2 Å². The quantitative estimate of drug-likeness (QED) is 0.749. The standard InChI is InChI=1S/C18H26ClNO/c1-14(2)12-17(19)18(21)20-10-8-16(9-11-20)13-15-6-4-3-5-7-15/h3-7,14,16-17H,8-13H2,1-2H3. The van der Waals surface area contributed by atoms with Crippen molar-refractivity contribution in [3.05, 3.63) is 35.9 Å².